The van der Waals surface area contributed by atoms with Crippen LogP contribution >= 0.6 is 0 Å². The molecule has 1 aromatic carbocycles. The first-order chi connectivity index (χ1) is 12.1. The van der Waals surface area contributed by atoms with E-state index in [1.807, 2.05) is 49.0 Å². The summed E-state index contributed by atoms with van der Waals surface area (Å²) in [6.45, 7) is 6.51. The molecular formula is C19H24N4O2. The molecule has 1 saturated heterocycles. The first kappa shape index (κ1) is 16.1. The van der Waals surface area contributed by atoms with Crippen LogP contribution in [0.3, 0.4) is 0 Å². The Morgan fingerprint density at radius 2 is 2.24 bits per heavy atom. The molecular weight excluding hydrogens is 316 g/mol. The molecule has 2 atom stereocenters. The van der Waals surface area contributed by atoms with Gasteiger partial charge in [0, 0.05) is 12.7 Å². The normalized spacial score (nSPS) is 23.0. The van der Waals surface area contributed by atoms with Crippen molar-refractivity contribution in [3.05, 3.63) is 41.7 Å². The second-order valence-electron chi connectivity index (χ2n) is 7.00. The van der Waals surface area contributed by atoms with Gasteiger partial charge in [0.15, 0.2) is 5.69 Å². The smallest absolute Gasteiger partial charge is 0.279 e. The number of hydrogen-bond acceptors (Lipinski definition) is 4. The lowest BCUT2D eigenvalue weighted by Crippen LogP contribution is -2.42. The minimum Gasteiger partial charge on any atom is -0.487 e. The molecule has 0 saturated carbocycles. The van der Waals surface area contributed by atoms with Crippen LogP contribution in [0, 0.1) is 6.92 Å². The number of aryl methyl sites for hydroxylation is 1. The zero-order valence-corrected chi connectivity index (χ0v) is 14.7. The zero-order chi connectivity index (χ0) is 17.4. The van der Waals surface area contributed by atoms with Gasteiger partial charge in [0.2, 0.25) is 0 Å². The third kappa shape index (κ3) is 3.14. The number of aromatic nitrogens is 2. The molecule has 0 bridgehead atoms. The number of benzene rings is 1. The summed E-state index contributed by atoms with van der Waals surface area (Å²) in [6.07, 6.45) is 4.12. The first-order valence-corrected chi connectivity index (χ1v) is 8.97. The van der Waals surface area contributed by atoms with Crippen LogP contribution in [0.4, 0.5) is 5.69 Å². The van der Waals surface area contributed by atoms with Gasteiger partial charge in [-0.15, -0.1) is 0 Å². The third-order valence-corrected chi connectivity index (χ3v) is 4.89. The van der Waals surface area contributed by atoms with Crippen molar-refractivity contribution in [1.82, 2.24) is 15.1 Å². The number of carbonyl (C=O) groups is 1. The number of rotatable bonds is 2. The van der Waals surface area contributed by atoms with Crippen LogP contribution in [0.5, 0.6) is 5.75 Å². The Bertz CT molecular complexity index is 779. The molecule has 2 aliphatic heterocycles. The van der Waals surface area contributed by atoms with E-state index in [9.17, 15) is 4.79 Å². The maximum atomic E-state index is 13.1. The fourth-order valence-corrected chi connectivity index (χ4v) is 3.59. The maximum absolute atomic E-state index is 13.1. The van der Waals surface area contributed by atoms with E-state index in [4.69, 9.17) is 4.74 Å². The van der Waals surface area contributed by atoms with E-state index in [0.29, 0.717) is 18.3 Å². The average Bonchev–Trinajstić information content (AvgIpc) is 3.11. The van der Waals surface area contributed by atoms with Crippen LogP contribution in [0.25, 0.3) is 0 Å². The average molecular weight is 340 g/mol. The molecule has 2 aliphatic rings. The number of carbonyl (C=O) groups excluding carboxylic acids is 1. The fraction of sp³-hybridized carbons (Fsp3) is 0.474. The molecule has 0 aliphatic carbocycles. The molecule has 0 radical (unpaired) electrons. The summed E-state index contributed by atoms with van der Waals surface area (Å²) in [5, 5.41) is 7.96. The Morgan fingerprint density at radius 1 is 1.36 bits per heavy atom. The van der Waals surface area contributed by atoms with Crippen LogP contribution in [0.15, 0.2) is 30.5 Å². The van der Waals surface area contributed by atoms with E-state index >= 15 is 0 Å². The molecule has 6 nitrogen and oxygen atoms in total. The van der Waals surface area contributed by atoms with Crippen molar-refractivity contribution in [1.29, 1.82) is 0 Å². The number of fused-ring (bicyclic) bond motifs is 1. The van der Waals surface area contributed by atoms with Crippen LogP contribution < -0.4 is 15.0 Å². The molecule has 1 amide bonds. The highest BCUT2D eigenvalue weighted by atomic mass is 16.5. The van der Waals surface area contributed by atoms with Gasteiger partial charge < -0.3 is 10.1 Å². The summed E-state index contributed by atoms with van der Waals surface area (Å²) in [4.78, 5) is 14.9. The predicted molar refractivity (Wildman–Crippen MR) is 96.3 cm³/mol. The summed E-state index contributed by atoms with van der Waals surface area (Å²) < 4.78 is 7.83. The molecule has 0 spiro atoms. The Labute approximate surface area is 147 Å². The summed E-state index contributed by atoms with van der Waals surface area (Å²) >= 11 is 0. The van der Waals surface area contributed by atoms with E-state index in [0.717, 1.165) is 42.9 Å². The molecule has 3 heterocycles. The summed E-state index contributed by atoms with van der Waals surface area (Å²) in [6, 6.07) is 8.10. The van der Waals surface area contributed by atoms with Crippen LogP contribution in [0.1, 0.15) is 41.9 Å². The number of ether oxygens (including phenoxy) is 1. The minimum atomic E-state index is -0.0669. The lowest BCUT2D eigenvalue weighted by Gasteiger charge is -2.33. The molecule has 4 rings (SSSR count). The Kier molecular flexibility index (Phi) is 4.21. The number of amides is 1. The minimum absolute atomic E-state index is 0.0390. The fourth-order valence-electron chi connectivity index (χ4n) is 3.59. The Balaban J connectivity index is 1.60. The standard InChI is InChI=1S/C19H24N4O2/c1-13-5-6-17-18(10-13)25-14(2)12-22(17)19(24)16-7-9-23(21-16)15-4-3-8-20-11-15/h5-7,9-10,14-15,20H,3-4,8,11-12H2,1-2H3. The lowest BCUT2D eigenvalue weighted by atomic mass is 10.1. The number of piperidine rings is 1. The molecule has 1 fully saturated rings. The van der Waals surface area contributed by atoms with Gasteiger partial charge in [-0.25, -0.2) is 0 Å². The highest BCUT2D eigenvalue weighted by molar-refractivity contribution is 6.05. The van der Waals surface area contributed by atoms with Crippen molar-refractivity contribution in [3.8, 4) is 5.75 Å². The molecule has 2 aromatic rings. The Morgan fingerprint density at radius 3 is 3.04 bits per heavy atom. The van der Waals surface area contributed by atoms with Gasteiger partial charge in [-0.2, -0.15) is 5.10 Å². The van der Waals surface area contributed by atoms with Crippen molar-refractivity contribution in [2.45, 2.75) is 38.8 Å². The number of nitrogens with zero attached hydrogens (tertiary/aromatic N) is 3. The molecule has 25 heavy (non-hydrogen) atoms. The van der Waals surface area contributed by atoms with Crippen molar-refractivity contribution in [2.75, 3.05) is 24.5 Å². The van der Waals surface area contributed by atoms with Crippen LogP contribution in [-0.2, 0) is 0 Å². The number of hydrogen-bond donors (Lipinski definition) is 1. The van der Waals surface area contributed by atoms with Gasteiger partial charge in [0.25, 0.3) is 5.91 Å². The van der Waals surface area contributed by atoms with Crippen LogP contribution in [-0.4, -0.2) is 41.4 Å². The third-order valence-electron chi connectivity index (χ3n) is 4.89. The second kappa shape index (κ2) is 6.52. The largest absolute Gasteiger partial charge is 0.487 e. The van der Waals surface area contributed by atoms with Gasteiger partial charge in [-0.1, -0.05) is 6.07 Å². The quantitative estimate of drug-likeness (QED) is 0.913. The maximum Gasteiger partial charge on any atom is 0.279 e. The first-order valence-electron chi connectivity index (χ1n) is 8.97. The summed E-state index contributed by atoms with van der Waals surface area (Å²) in [5.41, 5.74) is 2.43. The van der Waals surface area contributed by atoms with Crippen molar-refractivity contribution < 1.29 is 9.53 Å². The Hall–Kier alpha value is -2.34. The summed E-state index contributed by atoms with van der Waals surface area (Å²) in [7, 11) is 0. The van der Waals surface area contributed by atoms with Crippen molar-refractivity contribution in [3.63, 3.8) is 0 Å². The van der Waals surface area contributed by atoms with E-state index in [2.05, 4.69) is 10.4 Å². The highest BCUT2D eigenvalue weighted by Gasteiger charge is 2.30. The second-order valence-corrected chi connectivity index (χ2v) is 7.00. The highest BCUT2D eigenvalue weighted by Crippen LogP contribution is 2.35. The van der Waals surface area contributed by atoms with Crippen LogP contribution in [0.2, 0.25) is 0 Å². The van der Waals surface area contributed by atoms with Gasteiger partial charge in [-0.3, -0.25) is 14.4 Å². The topological polar surface area (TPSA) is 59.4 Å². The molecule has 1 aromatic heterocycles. The van der Waals surface area contributed by atoms with E-state index < -0.39 is 0 Å². The monoisotopic (exact) mass is 340 g/mol. The van der Waals surface area contributed by atoms with Gasteiger partial charge >= 0.3 is 0 Å². The van der Waals surface area contributed by atoms with E-state index in [-0.39, 0.29) is 12.0 Å². The zero-order valence-electron chi connectivity index (χ0n) is 14.7. The van der Waals surface area contributed by atoms with Gasteiger partial charge in [-0.05, 0) is 57.0 Å². The van der Waals surface area contributed by atoms with Crippen molar-refractivity contribution in [2.24, 2.45) is 0 Å². The molecule has 2 unspecified atom stereocenters. The van der Waals surface area contributed by atoms with Gasteiger partial charge in [0.05, 0.1) is 18.3 Å². The number of nitrogens with one attached hydrogen (secondary N) is 1. The van der Waals surface area contributed by atoms with E-state index in [1.165, 1.54) is 0 Å². The molecule has 1 N–H and O–H groups in total. The number of anilines is 1. The SMILES string of the molecule is Cc1ccc2c(c1)OC(C)CN2C(=O)c1ccn(C2CCCNC2)n1. The summed E-state index contributed by atoms with van der Waals surface area (Å²) in [5.74, 6) is 0.700. The van der Waals surface area contributed by atoms with Crippen molar-refractivity contribution >= 4 is 11.6 Å². The van der Waals surface area contributed by atoms with E-state index in [1.54, 1.807) is 4.90 Å². The molecule has 6 heteroatoms. The predicted octanol–water partition coefficient (Wildman–Crippen LogP) is 2.54. The lowest BCUT2D eigenvalue weighted by molar-refractivity contribution is 0.0955. The molecule has 132 valence electrons. The van der Waals surface area contributed by atoms with Gasteiger partial charge in [0.1, 0.15) is 11.9 Å².